The first-order valence-corrected chi connectivity index (χ1v) is 7.84. The van der Waals surface area contributed by atoms with Crippen LogP contribution >= 0.6 is 0 Å². The Morgan fingerprint density at radius 1 is 1.05 bits per heavy atom. The summed E-state index contributed by atoms with van der Waals surface area (Å²) in [5.41, 5.74) is -0.549. The van der Waals surface area contributed by atoms with Crippen molar-refractivity contribution in [3.63, 3.8) is 0 Å². The first-order valence-electron chi connectivity index (χ1n) is 7.84. The lowest BCUT2D eigenvalue weighted by molar-refractivity contribution is -0.576. The molecule has 0 aromatic heterocycles. The van der Waals surface area contributed by atoms with Gasteiger partial charge in [0.15, 0.2) is 18.2 Å². The number of hydrogen-bond acceptors (Lipinski definition) is 5. The lowest BCUT2D eigenvalue weighted by Gasteiger charge is -2.59. The molecule has 2 bridgehead atoms. The van der Waals surface area contributed by atoms with Crippen LogP contribution in [0.3, 0.4) is 0 Å². The van der Waals surface area contributed by atoms with Gasteiger partial charge in [-0.2, -0.15) is 0 Å². The van der Waals surface area contributed by atoms with Gasteiger partial charge < -0.3 is 14.6 Å². The molecule has 1 spiro atoms. The van der Waals surface area contributed by atoms with Crippen molar-refractivity contribution in [3.05, 3.63) is 0 Å². The number of hydrogen-bond donors (Lipinski definition) is 1. The van der Waals surface area contributed by atoms with Gasteiger partial charge in [-0.15, -0.1) is 0 Å². The van der Waals surface area contributed by atoms with Crippen molar-refractivity contribution in [3.8, 4) is 0 Å². The number of ether oxygens (including phenoxy) is 2. The summed E-state index contributed by atoms with van der Waals surface area (Å²) in [5, 5.41) is 10.2. The molecule has 4 saturated heterocycles. The summed E-state index contributed by atoms with van der Waals surface area (Å²) in [6, 6.07) is 0. The Balaban J connectivity index is 1.82. The Kier molecular flexibility index (Phi) is 2.81. The quantitative estimate of drug-likeness (QED) is 0.691. The predicted octanol–water partition coefficient (Wildman–Crippen LogP) is 2.19. The molecule has 5 nitrogen and oxygen atoms in total. The molecule has 4 heterocycles. The molecule has 4 aliphatic heterocycles. The van der Waals surface area contributed by atoms with Crippen molar-refractivity contribution in [2.45, 2.75) is 70.4 Å². The summed E-state index contributed by atoms with van der Waals surface area (Å²) in [6.45, 7) is 6.22. The van der Waals surface area contributed by atoms with E-state index in [1.54, 1.807) is 0 Å². The molecule has 0 unspecified atom stereocenters. The largest absolute Gasteiger partial charge is 0.368 e. The van der Waals surface area contributed by atoms with Gasteiger partial charge in [-0.05, 0) is 38.0 Å². The van der Waals surface area contributed by atoms with Crippen LogP contribution in [0.25, 0.3) is 0 Å². The first-order chi connectivity index (χ1) is 9.46. The zero-order valence-corrected chi connectivity index (χ0v) is 12.4. The van der Waals surface area contributed by atoms with Crippen LogP contribution in [-0.4, -0.2) is 29.1 Å². The Morgan fingerprint density at radius 3 is 2.65 bits per heavy atom. The second-order valence-corrected chi connectivity index (χ2v) is 7.30. The maximum Gasteiger partial charge on any atom is 0.201 e. The molecule has 0 radical (unpaired) electrons. The number of fused-ring (bicyclic) bond motifs is 2. The smallest absolute Gasteiger partial charge is 0.201 e. The lowest BCUT2D eigenvalue weighted by Crippen LogP contribution is -2.70. The zero-order valence-electron chi connectivity index (χ0n) is 12.4. The van der Waals surface area contributed by atoms with Crippen LogP contribution in [0.2, 0.25) is 0 Å². The van der Waals surface area contributed by atoms with Crippen molar-refractivity contribution in [1.82, 2.24) is 0 Å². The van der Waals surface area contributed by atoms with Crippen LogP contribution in [-0.2, 0) is 19.2 Å². The molecule has 114 valence electrons. The molecule has 0 aromatic carbocycles. The molecule has 5 heteroatoms. The average Bonchev–Trinajstić information content (AvgIpc) is 2.63. The van der Waals surface area contributed by atoms with E-state index in [1.807, 2.05) is 13.8 Å². The van der Waals surface area contributed by atoms with E-state index in [2.05, 4.69) is 6.92 Å². The molecule has 1 aliphatic carbocycles. The van der Waals surface area contributed by atoms with E-state index in [1.165, 1.54) is 6.42 Å². The van der Waals surface area contributed by atoms with Crippen molar-refractivity contribution >= 4 is 0 Å². The van der Waals surface area contributed by atoms with Crippen LogP contribution in [0.15, 0.2) is 0 Å². The van der Waals surface area contributed by atoms with E-state index >= 15 is 0 Å². The normalized spacial score (nSPS) is 61.8. The highest BCUT2D eigenvalue weighted by Crippen LogP contribution is 2.60. The van der Waals surface area contributed by atoms with Crippen LogP contribution in [0, 0.1) is 23.7 Å². The maximum atomic E-state index is 10.2. The van der Waals surface area contributed by atoms with E-state index < -0.39 is 24.0 Å². The Hall–Kier alpha value is -0.200. The predicted molar refractivity (Wildman–Crippen MR) is 69.0 cm³/mol. The Bertz CT molecular complexity index is 411. The van der Waals surface area contributed by atoms with E-state index in [9.17, 15) is 5.11 Å². The fourth-order valence-corrected chi connectivity index (χ4v) is 4.89. The third-order valence-electron chi connectivity index (χ3n) is 6.12. The van der Waals surface area contributed by atoms with E-state index in [-0.39, 0.29) is 11.8 Å². The monoisotopic (exact) mass is 284 g/mol. The lowest BCUT2D eigenvalue weighted by atomic mass is 9.58. The van der Waals surface area contributed by atoms with Crippen LogP contribution in [0.1, 0.15) is 46.5 Å². The highest BCUT2D eigenvalue weighted by Gasteiger charge is 2.69. The van der Waals surface area contributed by atoms with Gasteiger partial charge in [0, 0.05) is 18.3 Å². The Labute approximate surface area is 119 Å². The number of aliphatic hydroxyl groups excluding tert-OH is 1. The second kappa shape index (κ2) is 4.17. The van der Waals surface area contributed by atoms with Gasteiger partial charge >= 0.3 is 0 Å². The summed E-state index contributed by atoms with van der Waals surface area (Å²) in [6.07, 6.45) is 2.72. The van der Waals surface area contributed by atoms with Crippen LogP contribution in [0.4, 0.5) is 0 Å². The minimum absolute atomic E-state index is 0.0379. The van der Waals surface area contributed by atoms with E-state index in [0.717, 1.165) is 19.3 Å². The Morgan fingerprint density at radius 2 is 1.85 bits per heavy atom. The molecule has 5 aliphatic rings. The highest BCUT2D eigenvalue weighted by molar-refractivity contribution is 5.08. The number of aliphatic hydroxyl groups is 1. The number of rotatable bonds is 0. The topological polar surface area (TPSA) is 57.2 Å². The molecule has 0 amide bonds. The summed E-state index contributed by atoms with van der Waals surface area (Å²) in [7, 11) is 0. The second-order valence-electron chi connectivity index (χ2n) is 7.30. The molecular weight excluding hydrogens is 260 g/mol. The van der Waals surface area contributed by atoms with Gasteiger partial charge in [-0.3, -0.25) is 0 Å². The molecule has 5 fully saturated rings. The zero-order chi connectivity index (χ0) is 14.1. The van der Waals surface area contributed by atoms with Gasteiger partial charge in [0.1, 0.15) is 0 Å². The molecule has 8 atom stereocenters. The fraction of sp³-hybridized carbons (Fsp3) is 1.00. The molecule has 1 N–H and O–H groups in total. The summed E-state index contributed by atoms with van der Waals surface area (Å²) >= 11 is 0. The SMILES string of the molecule is C[C@@H]1[C@H](O)O[C@H]2O[C@]3(C)CC[C@@H]4[C@H](C)CC[C@H]1[C@@]24OO3. The summed E-state index contributed by atoms with van der Waals surface area (Å²) in [4.78, 5) is 11.6. The third kappa shape index (κ3) is 1.56. The van der Waals surface area contributed by atoms with Crippen LogP contribution in [0.5, 0.6) is 0 Å². The third-order valence-corrected chi connectivity index (χ3v) is 6.12. The van der Waals surface area contributed by atoms with E-state index in [0.29, 0.717) is 11.8 Å². The van der Waals surface area contributed by atoms with E-state index in [4.69, 9.17) is 19.2 Å². The summed E-state index contributed by atoms with van der Waals surface area (Å²) in [5.74, 6) is 0.437. The van der Waals surface area contributed by atoms with Crippen molar-refractivity contribution in [2.75, 3.05) is 0 Å². The van der Waals surface area contributed by atoms with Crippen LogP contribution < -0.4 is 0 Å². The molecule has 0 aromatic rings. The molecule has 1 saturated carbocycles. The maximum absolute atomic E-state index is 10.2. The first kappa shape index (κ1) is 13.5. The van der Waals surface area contributed by atoms with Crippen molar-refractivity contribution in [1.29, 1.82) is 0 Å². The molecular formula is C15H24O5. The highest BCUT2D eigenvalue weighted by atomic mass is 17.3. The van der Waals surface area contributed by atoms with Gasteiger partial charge in [0.05, 0.1) is 0 Å². The van der Waals surface area contributed by atoms with Gasteiger partial charge in [0.25, 0.3) is 0 Å². The minimum Gasteiger partial charge on any atom is -0.368 e. The summed E-state index contributed by atoms with van der Waals surface area (Å²) < 4.78 is 11.9. The van der Waals surface area contributed by atoms with Crippen molar-refractivity contribution < 1.29 is 24.4 Å². The van der Waals surface area contributed by atoms with Gasteiger partial charge in [-0.25, -0.2) is 9.78 Å². The van der Waals surface area contributed by atoms with Gasteiger partial charge in [-0.1, -0.05) is 13.8 Å². The van der Waals surface area contributed by atoms with Gasteiger partial charge in [0.2, 0.25) is 5.79 Å². The fourth-order valence-electron chi connectivity index (χ4n) is 4.89. The standard InChI is InChI=1S/C15H24O5/c1-8-4-5-11-9(2)12(16)17-13-15(11)10(8)6-7-14(3,18-13)19-20-15/h8-13,16H,4-7H2,1-3H3/t8-,9+,10-,11-,12-,13+,14+,15-/m1/s1. The average molecular weight is 284 g/mol. The molecule has 5 rings (SSSR count). The minimum atomic E-state index is -0.781. The molecule has 20 heavy (non-hydrogen) atoms. The van der Waals surface area contributed by atoms with Crippen molar-refractivity contribution in [2.24, 2.45) is 23.7 Å².